The summed E-state index contributed by atoms with van der Waals surface area (Å²) in [6, 6.07) is 10.3. The molecule has 1 aromatic carbocycles. The number of sulfonamides is 1. The molecule has 0 aliphatic heterocycles. The van der Waals surface area contributed by atoms with Gasteiger partial charge in [-0.2, -0.15) is 0 Å². The van der Waals surface area contributed by atoms with Gasteiger partial charge in [-0.05, 0) is 59.5 Å². The summed E-state index contributed by atoms with van der Waals surface area (Å²) in [6.45, 7) is 12.4. The van der Waals surface area contributed by atoms with E-state index in [-0.39, 0.29) is 23.7 Å². The molecule has 0 aliphatic rings. The summed E-state index contributed by atoms with van der Waals surface area (Å²) in [6.07, 6.45) is 0.191. The number of benzene rings is 1. The first-order valence-electron chi connectivity index (χ1n) is 13.0. The third-order valence-electron chi connectivity index (χ3n) is 5.89. The van der Waals surface area contributed by atoms with Crippen molar-refractivity contribution >= 4 is 28.5 Å². The van der Waals surface area contributed by atoms with E-state index in [1.165, 1.54) is 32.8 Å². The quantitative estimate of drug-likeness (QED) is 0.224. The first-order valence-corrected chi connectivity index (χ1v) is 14.5. The summed E-state index contributed by atoms with van der Waals surface area (Å²) in [5, 5.41) is 7.31. The Balaban J connectivity index is 2.22. The maximum atomic E-state index is 13.9. The number of anilines is 1. The lowest BCUT2D eigenvalue weighted by Crippen LogP contribution is -2.43. The summed E-state index contributed by atoms with van der Waals surface area (Å²) in [5.41, 5.74) is 1.61. The minimum absolute atomic E-state index is 0.122. The van der Waals surface area contributed by atoms with Gasteiger partial charge < -0.3 is 18.9 Å². The predicted molar refractivity (Wildman–Crippen MR) is 163 cm³/mol. The van der Waals surface area contributed by atoms with Gasteiger partial charge in [-0.25, -0.2) is 23.4 Å². The largest absolute Gasteiger partial charge is 0.494 e. The molecule has 0 spiro atoms. The number of amidine groups is 1. The molecule has 0 fully saturated rings. The van der Waals surface area contributed by atoms with Crippen LogP contribution >= 0.6 is 0 Å². The zero-order valence-electron chi connectivity index (χ0n) is 25.0. The van der Waals surface area contributed by atoms with E-state index in [9.17, 15) is 8.42 Å². The smallest absolute Gasteiger partial charge is 0.243 e. The van der Waals surface area contributed by atoms with Gasteiger partial charge in [0.2, 0.25) is 21.9 Å². The molecule has 42 heavy (non-hydrogen) atoms. The summed E-state index contributed by atoms with van der Waals surface area (Å²) in [4.78, 5) is 12.8. The molecule has 14 heteroatoms. The van der Waals surface area contributed by atoms with Crippen LogP contribution in [0.15, 0.2) is 58.2 Å². The molecule has 13 nitrogen and oxygen atoms in total. The van der Waals surface area contributed by atoms with E-state index in [1.807, 2.05) is 13.8 Å². The lowest BCUT2D eigenvalue weighted by molar-refractivity contribution is 0.0459. The van der Waals surface area contributed by atoms with Crippen LogP contribution in [0.1, 0.15) is 34.6 Å². The number of aromatic nitrogens is 4. The number of hydrogen-bond acceptors (Lipinski definition) is 10. The molecule has 2 atom stereocenters. The van der Waals surface area contributed by atoms with Gasteiger partial charge in [0, 0.05) is 12.3 Å². The van der Waals surface area contributed by atoms with Crippen molar-refractivity contribution in [3.63, 3.8) is 0 Å². The number of para-hydroxylation sites is 1. The summed E-state index contributed by atoms with van der Waals surface area (Å²) < 4.78 is 54.4. The van der Waals surface area contributed by atoms with Crippen molar-refractivity contribution in [2.75, 3.05) is 26.1 Å². The number of hydrogen-bond donors (Lipinski definition) is 1. The van der Waals surface area contributed by atoms with Crippen LogP contribution in [0.2, 0.25) is 0 Å². The average molecular weight is 600 g/mol. The van der Waals surface area contributed by atoms with Gasteiger partial charge in [0.1, 0.15) is 34.2 Å². The standard InChI is InChI=1S/C28H37N7O6S/c1-17(2)16-30-26(29-6)25(41-18(3)4)19(5)42(36,37)34-28-33-32-27(20-12-10-15-23(31-20)40-9)35(28)24-21(38-7)13-11-14-22(24)39-8/h10-16,18-19,25H,6H2,1-5,7-9H3,(H,33,34)/t19-,25+/m1/s1. The molecule has 3 rings (SSSR count). The molecule has 0 bridgehead atoms. The van der Waals surface area contributed by atoms with Crippen LogP contribution in [-0.4, -0.2) is 79.5 Å². The Morgan fingerprint density at radius 2 is 1.64 bits per heavy atom. The lowest BCUT2D eigenvalue weighted by Gasteiger charge is -2.26. The molecule has 3 aromatic rings. The summed E-state index contributed by atoms with van der Waals surface area (Å²) in [5.74, 6) is 1.27. The molecule has 0 radical (unpaired) electrons. The SMILES string of the molecule is C=NC(=NC=C(C)C)[C@@H](OC(C)C)[C@@H](C)S(=O)(=O)Nc1nnc(-c2cccc(OC)n2)n1-c1c(OC)cccc1OC. The van der Waals surface area contributed by atoms with Gasteiger partial charge in [-0.15, -0.1) is 10.2 Å². The van der Waals surface area contributed by atoms with E-state index in [1.54, 1.807) is 56.4 Å². The minimum atomic E-state index is -4.22. The highest BCUT2D eigenvalue weighted by Gasteiger charge is 2.36. The minimum Gasteiger partial charge on any atom is -0.494 e. The number of nitrogens with one attached hydrogen (secondary N) is 1. The highest BCUT2D eigenvalue weighted by Crippen LogP contribution is 2.37. The fourth-order valence-corrected chi connectivity index (χ4v) is 4.97. The monoisotopic (exact) mass is 599 g/mol. The molecule has 2 aromatic heterocycles. The molecule has 0 saturated carbocycles. The van der Waals surface area contributed by atoms with Crippen LogP contribution < -0.4 is 18.9 Å². The molecular weight excluding hydrogens is 562 g/mol. The zero-order valence-corrected chi connectivity index (χ0v) is 25.8. The molecule has 2 heterocycles. The molecule has 1 N–H and O–H groups in total. The molecule has 0 saturated heterocycles. The van der Waals surface area contributed by atoms with E-state index < -0.39 is 21.4 Å². The van der Waals surface area contributed by atoms with Crippen molar-refractivity contribution in [1.29, 1.82) is 0 Å². The van der Waals surface area contributed by atoms with Gasteiger partial charge in [0.05, 0.1) is 27.4 Å². The van der Waals surface area contributed by atoms with Crippen LogP contribution in [0.3, 0.4) is 0 Å². The first-order chi connectivity index (χ1) is 20.0. The Morgan fingerprint density at radius 1 is 1.00 bits per heavy atom. The summed E-state index contributed by atoms with van der Waals surface area (Å²) in [7, 11) is 0.248. The van der Waals surface area contributed by atoms with E-state index in [0.717, 1.165) is 5.57 Å². The topological polar surface area (TPSA) is 151 Å². The number of methoxy groups -OCH3 is 3. The number of pyridine rings is 1. The predicted octanol–water partition coefficient (Wildman–Crippen LogP) is 4.30. The fraction of sp³-hybridized carbons (Fsp3) is 0.393. The van der Waals surface area contributed by atoms with E-state index in [0.29, 0.717) is 28.8 Å². The number of aliphatic imine (C=N–C) groups is 2. The summed E-state index contributed by atoms with van der Waals surface area (Å²) >= 11 is 0. The van der Waals surface area contributed by atoms with Crippen LogP contribution in [-0.2, 0) is 14.8 Å². The third kappa shape index (κ3) is 7.31. The van der Waals surface area contributed by atoms with Gasteiger partial charge >= 0.3 is 0 Å². The molecular formula is C28H37N7O6S. The van der Waals surface area contributed by atoms with E-state index in [2.05, 4.69) is 36.6 Å². The molecule has 226 valence electrons. The second-order valence-corrected chi connectivity index (χ2v) is 11.6. The van der Waals surface area contributed by atoms with Gasteiger partial charge in [-0.1, -0.05) is 17.7 Å². The van der Waals surface area contributed by atoms with Crippen molar-refractivity contribution in [2.24, 2.45) is 9.98 Å². The van der Waals surface area contributed by atoms with Crippen molar-refractivity contribution in [1.82, 2.24) is 19.7 Å². The Bertz CT molecular complexity index is 1540. The second kappa shape index (κ2) is 14.0. The number of ether oxygens (including phenoxy) is 4. The Morgan fingerprint density at radius 3 is 2.19 bits per heavy atom. The number of rotatable bonds is 13. The van der Waals surface area contributed by atoms with Gasteiger partial charge in [0.15, 0.2) is 11.7 Å². The zero-order chi connectivity index (χ0) is 31.0. The van der Waals surface area contributed by atoms with Crippen LogP contribution in [0.5, 0.6) is 17.4 Å². The van der Waals surface area contributed by atoms with Gasteiger partial charge in [0.25, 0.3) is 0 Å². The first kappa shape index (κ1) is 32.2. The van der Waals surface area contributed by atoms with Crippen molar-refractivity contribution in [2.45, 2.75) is 52.1 Å². The highest BCUT2D eigenvalue weighted by molar-refractivity contribution is 7.93. The highest BCUT2D eigenvalue weighted by atomic mass is 32.2. The fourth-order valence-electron chi connectivity index (χ4n) is 3.89. The third-order valence-corrected chi connectivity index (χ3v) is 7.58. The Hall–Kier alpha value is -4.30. The normalized spacial score (nSPS) is 13.3. The molecule has 0 aliphatic carbocycles. The molecule has 0 amide bonds. The maximum Gasteiger partial charge on any atom is 0.243 e. The van der Waals surface area contributed by atoms with Crippen molar-refractivity contribution in [3.05, 3.63) is 48.2 Å². The number of allylic oxidation sites excluding steroid dienone is 1. The van der Waals surface area contributed by atoms with E-state index >= 15 is 0 Å². The second-order valence-electron chi connectivity index (χ2n) is 9.57. The maximum absolute atomic E-state index is 13.9. The van der Waals surface area contributed by atoms with Crippen LogP contribution in [0, 0.1) is 0 Å². The lowest BCUT2D eigenvalue weighted by atomic mass is 10.2. The van der Waals surface area contributed by atoms with Crippen LogP contribution in [0.4, 0.5) is 5.95 Å². The van der Waals surface area contributed by atoms with Crippen LogP contribution in [0.25, 0.3) is 17.2 Å². The molecule has 0 unspecified atom stereocenters. The van der Waals surface area contributed by atoms with Crippen molar-refractivity contribution in [3.8, 4) is 34.6 Å². The number of nitrogens with zero attached hydrogens (tertiary/aromatic N) is 6. The van der Waals surface area contributed by atoms with Gasteiger partial charge in [-0.3, -0.25) is 9.29 Å². The Kier molecular flexibility index (Phi) is 10.8. The van der Waals surface area contributed by atoms with Crippen molar-refractivity contribution < 1.29 is 27.4 Å². The Labute approximate surface area is 246 Å². The average Bonchev–Trinajstić information content (AvgIpc) is 3.37. The van der Waals surface area contributed by atoms with E-state index in [4.69, 9.17) is 18.9 Å².